The third-order valence-electron chi connectivity index (χ3n) is 9.81. The van der Waals surface area contributed by atoms with Crippen molar-refractivity contribution in [3.63, 3.8) is 0 Å². The van der Waals surface area contributed by atoms with Gasteiger partial charge in [0.2, 0.25) is 0 Å². The minimum atomic E-state index is 0. The summed E-state index contributed by atoms with van der Waals surface area (Å²) in [4.78, 5) is 10.3. The summed E-state index contributed by atoms with van der Waals surface area (Å²) in [6.07, 6.45) is 35.9. The maximum absolute atomic E-state index is 5.20. The molecule has 0 bridgehead atoms. The fourth-order valence-corrected chi connectivity index (χ4v) is 6.74. The Bertz CT molecular complexity index is 1210. The third-order valence-corrected chi connectivity index (χ3v) is 9.81. The number of rotatable bonds is 29. The Morgan fingerprint density at radius 3 is 1.22 bits per heavy atom. The molecule has 288 valence electrons. The fourth-order valence-electron chi connectivity index (χ4n) is 6.74. The average molecular weight is 740 g/mol. The van der Waals surface area contributed by atoms with Crippen molar-refractivity contribution in [1.82, 2.24) is 0 Å². The molecule has 0 N–H and O–H groups in total. The summed E-state index contributed by atoms with van der Waals surface area (Å²) < 4.78 is 0. The summed E-state index contributed by atoms with van der Waals surface area (Å²) in [6, 6.07) is 14.1. The van der Waals surface area contributed by atoms with Gasteiger partial charge in [-0.1, -0.05) is 162 Å². The molecule has 2 aromatic carbocycles. The standard InChI is InChI=1S/C48H76N2.Ni/c1-6-11-16-17-18-19-20-21-22-23-24-29-34-46(50-48-39-44(32-27-14-9-4)36-45(40-48)33-28-15-10-5)41-49-47-37-42(30-25-12-7-2)35-43(38-47)31-26-13-8-3;/h35-41H,6-28,30-33H2,1-5H3;. The molecule has 0 aliphatic heterocycles. The zero-order chi connectivity index (χ0) is 35.9. The van der Waals surface area contributed by atoms with Gasteiger partial charge in [-0.05, 0) is 110 Å². The van der Waals surface area contributed by atoms with Crippen LogP contribution in [0.4, 0.5) is 11.4 Å². The van der Waals surface area contributed by atoms with E-state index >= 15 is 0 Å². The van der Waals surface area contributed by atoms with E-state index in [1.165, 1.54) is 164 Å². The maximum atomic E-state index is 5.20. The topological polar surface area (TPSA) is 24.7 Å². The van der Waals surface area contributed by atoms with E-state index in [4.69, 9.17) is 9.98 Å². The summed E-state index contributed by atoms with van der Waals surface area (Å²) in [5.41, 5.74) is 8.53. The van der Waals surface area contributed by atoms with Gasteiger partial charge in [-0.2, -0.15) is 0 Å². The van der Waals surface area contributed by atoms with E-state index < -0.39 is 0 Å². The van der Waals surface area contributed by atoms with Crippen LogP contribution < -0.4 is 0 Å². The minimum absolute atomic E-state index is 0. The molecule has 0 amide bonds. The second kappa shape index (κ2) is 32.5. The first-order chi connectivity index (χ1) is 24.6. The first-order valence-corrected chi connectivity index (χ1v) is 21.5. The van der Waals surface area contributed by atoms with Crippen molar-refractivity contribution in [3.05, 3.63) is 58.7 Å². The van der Waals surface area contributed by atoms with Crippen LogP contribution in [0.25, 0.3) is 0 Å². The van der Waals surface area contributed by atoms with E-state index in [0.29, 0.717) is 0 Å². The summed E-state index contributed by atoms with van der Waals surface area (Å²) in [5.74, 6) is 6.98. The second-order valence-corrected chi connectivity index (χ2v) is 14.8. The van der Waals surface area contributed by atoms with Gasteiger partial charge in [-0.25, -0.2) is 4.99 Å². The van der Waals surface area contributed by atoms with Crippen LogP contribution in [0, 0.1) is 11.8 Å². The van der Waals surface area contributed by atoms with Gasteiger partial charge in [0.25, 0.3) is 0 Å². The van der Waals surface area contributed by atoms with Gasteiger partial charge in [0.1, 0.15) is 5.71 Å². The zero-order valence-electron chi connectivity index (χ0n) is 33.8. The first-order valence-electron chi connectivity index (χ1n) is 21.5. The number of unbranched alkanes of at least 4 members (excludes halogenated alkanes) is 18. The van der Waals surface area contributed by atoms with Crippen LogP contribution in [0.1, 0.15) is 205 Å². The van der Waals surface area contributed by atoms with Crippen molar-refractivity contribution < 1.29 is 16.5 Å². The molecule has 0 aliphatic rings. The number of hydrogen-bond acceptors (Lipinski definition) is 2. The molecular weight excluding hydrogens is 663 g/mol. The molecule has 0 heterocycles. The maximum Gasteiger partial charge on any atom is 0.132 e. The van der Waals surface area contributed by atoms with E-state index in [-0.39, 0.29) is 16.5 Å². The SMILES string of the molecule is CCCCCCCCCCCCC#CC(C=Nc1cc(CCCCC)cc(CCCCC)c1)=Nc1cc(CCCCC)cc(CCCCC)c1.[Ni]. The Hall–Kier alpha value is -2.17. The molecule has 0 saturated carbocycles. The van der Waals surface area contributed by atoms with Crippen molar-refractivity contribution in [3.8, 4) is 11.8 Å². The Morgan fingerprint density at radius 2 is 0.804 bits per heavy atom. The molecule has 3 heteroatoms. The summed E-state index contributed by atoms with van der Waals surface area (Å²) >= 11 is 0. The Balaban J connectivity index is 0.0000130. The van der Waals surface area contributed by atoms with Crippen LogP contribution in [0.2, 0.25) is 0 Å². The van der Waals surface area contributed by atoms with Crippen molar-refractivity contribution >= 4 is 23.3 Å². The zero-order valence-corrected chi connectivity index (χ0v) is 34.8. The van der Waals surface area contributed by atoms with E-state index in [9.17, 15) is 0 Å². The number of benzene rings is 2. The quantitative estimate of drug-likeness (QED) is 0.0344. The van der Waals surface area contributed by atoms with Gasteiger partial charge < -0.3 is 0 Å². The van der Waals surface area contributed by atoms with Crippen LogP contribution in [-0.4, -0.2) is 11.9 Å². The molecule has 0 saturated heterocycles. The molecule has 0 unspecified atom stereocenters. The molecule has 0 spiro atoms. The molecular formula is C48H76N2Ni. The molecule has 0 atom stereocenters. The molecule has 2 nitrogen and oxygen atoms in total. The van der Waals surface area contributed by atoms with Crippen LogP contribution >= 0.6 is 0 Å². The van der Waals surface area contributed by atoms with Crippen LogP contribution in [0.15, 0.2) is 46.4 Å². The first kappa shape index (κ1) is 46.9. The molecule has 2 rings (SSSR count). The van der Waals surface area contributed by atoms with E-state index in [0.717, 1.165) is 49.2 Å². The second-order valence-electron chi connectivity index (χ2n) is 14.8. The van der Waals surface area contributed by atoms with Crippen LogP contribution in [0.3, 0.4) is 0 Å². The van der Waals surface area contributed by atoms with Crippen molar-refractivity contribution in [2.24, 2.45) is 9.98 Å². The summed E-state index contributed by atoms with van der Waals surface area (Å²) in [5, 5.41) is 0. The molecule has 0 fully saturated rings. The summed E-state index contributed by atoms with van der Waals surface area (Å²) in [7, 11) is 0. The third kappa shape index (κ3) is 23.9. The van der Waals surface area contributed by atoms with Gasteiger partial charge in [-0.3, -0.25) is 4.99 Å². The minimum Gasteiger partial charge on any atom is -0.254 e. The molecule has 51 heavy (non-hydrogen) atoms. The molecule has 0 aliphatic carbocycles. The van der Waals surface area contributed by atoms with E-state index in [2.05, 4.69) is 82.9 Å². The number of nitrogens with zero attached hydrogens (tertiary/aromatic N) is 2. The Kier molecular flexibility index (Phi) is 29.8. The molecule has 0 radical (unpaired) electrons. The van der Waals surface area contributed by atoms with Crippen molar-refractivity contribution in [2.45, 2.75) is 208 Å². The summed E-state index contributed by atoms with van der Waals surface area (Å²) in [6.45, 7) is 11.4. The predicted molar refractivity (Wildman–Crippen MR) is 225 cm³/mol. The van der Waals surface area contributed by atoms with Gasteiger partial charge in [0, 0.05) is 22.9 Å². The Morgan fingerprint density at radius 1 is 0.451 bits per heavy atom. The van der Waals surface area contributed by atoms with Gasteiger partial charge in [0.05, 0.1) is 17.6 Å². The van der Waals surface area contributed by atoms with E-state index in [1.54, 1.807) is 0 Å². The molecule has 0 aromatic heterocycles. The fraction of sp³-hybridized carbons (Fsp3) is 0.667. The van der Waals surface area contributed by atoms with Gasteiger partial charge >= 0.3 is 0 Å². The normalized spacial score (nSPS) is 11.5. The monoisotopic (exact) mass is 739 g/mol. The smallest absolute Gasteiger partial charge is 0.132 e. The predicted octanol–water partition coefficient (Wildman–Crippen LogP) is 15.4. The van der Waals surface area contributed by atoms with E-state index in [1.807, 2.05) is 6.21 Å². The molecule has 2 aromatic rings. The number of aliphatic imine (C=N–C) groups is 2. The van der Waals surface area contributed by atoms with Crippen LogP contribution in [-0.2, 0) is 42.2 Å². The largest absolute Gasteiger partial charge is 0.254 e. The Labute approximate surface area is 326 Å². The van der Waals surface area contributed by atoms with Gasteiger partial charge in [0.15, 0.2) is 0 Å². The van der Waals surface area contributed by atoms with Crippen molar-refractivity contribution in [1.29, 1.82) is 0 Å². The number of hydrogen-bond donors (Lipinski definition) is 0. The van der Waals surface area contributed by atoms with Gasteiger partial charge in [-0.15, -0.1) is 0 Å². The van der Waals surface area contributed by atoms with Crippen LogP contribution in [0.5, 0.6) is 0 Å². The number of aryl methyl sites for hydroxylation is 4. The van der Waals surface area contributed by atoms with Crippen molar-refractivity contribution in [2.75, 3.05) is 0 Å². The average Bonchev–Trinajstić information content (AvgIpc) is 3.11.